The van der Waals surface area contributed by atoms with Gasteiger partial charge in [0.15, 0.2) is 0 Å². The highest BCUT2D eigenvalue weighted by Crippen LogP contribution is 2.12. The Morgan fingerprint density at radius 1 is 0.840 bits per heavy atom. The van der Waals surface area contributed by atoms with Crippen LogP contribution in [0.1, 0.15) is 16.7 Å². The lowest BCUT2D eigenvalue weighted by atomic mass is 10.1. The molecule has 0 aliphatic rings. The van der Waals surface area contributed by atoms with Crippen molar-refractivity contribution in [2.24, 2.45) is 0 Å². The third-order valence-electron chi connectivity index (χ3n) is 4.25. The Morgan fingerprint density at radius 2 is 1.44 bits per heavy atom. The zero-order chi connectivity index (χ0) is 17.8. The van der Waals surface area contributed by atoms with Gasteiger partial charge in [-0.2, -0.15) is 0 Å². The molecule has 0 aliphatic heterocycles. The first-order valence-electron chi connectivity index (χ1n) is 8.06. The SMILES string of the molecule is COc1ccc(Cn2ccn(Cc3ccccc3C)c(=O)c2=O)cc1. The average molecular weight is 336 g/mol. The minimum atomic E-state index is -0.521. The van der Waals surface area contributed by atoms with E-state index in [0.717, 1.165) is 22.4 Å². The van der Waals surface area contributed by atoms with Crippen molar-refractivity contribution < 1.29 is 4.74 Å². The second-order valence-electron chi connectivity index (χ2n) is 5.94. The van der Waals surface area contributed by atoms with Gasteiger partial charge in [-0.25, -0.2) is 0 Å². The lowest BCUT2D eigenvalue weighted by molar-refractivity contribution is 0.414. The van der Waals surface area contributed by atoms with Gasteiger partial charge >= 0.3 is 11.1 Å². The summed E-state index contributed by atoms with van der Waals surface area (Å²) in [5.41, 5.74) is 2.01. The maximum atomic E-state index is 12.4. The number of aromatic nitrogens is 2. The molecule has 0 amide bonds. The zero-order valence-electron chi connectivity index (χ0n) is 14.3. The smallest absolute Gasteiger partial charge is 0.316 e. The molecule has 5 heteroatoms. The van der Waals surface area contributed by atoms with E-state index in [1.54, 1.807) is 19.5 Å². The second kappa shape index (κ2) is 7.21. The molecule has 5 nitrogen and oxygen atoms in total. The summed E-state index contributed by atoms with van der Waals surface area (Å²) in [7, 11) is 1.60. The van der Waals surface area contributed by atoms with E-state index in [2.05, 4.69) is 0 Å². The van der Waals surface area contributed by atoms with Gasteiger partial charge in [-0.05, 0) is 35.7 Å². The van der Waals surface area contributed by atoms with Gasteiger partial charge in [0.2, 0.25) is 0 Å². The van der Waals surface area contributed by atoms with Crippen LogP contribution in [0.2, 0.25) is 0 Å². The van der Waals surface area contributed by atoms with Gasteiger partial charge in [0.25, 0.3) is 0 Å². The summed E-state index contributed by atoms with van der Waals surface area (Å²) in [4.78, 5) is 24.8. The molecule has 0 N–H and O–H groups in total. The van der Waals surface area contributed by atoms with Gasteiger partial charge in [0, 0.05) is 12.4 Å². The minimum absolute atomic E-state index is 0.350. The molecule has 1 heterocycles. The molecule has 0 atom stereocenters. The first-order chi connectivity index (χ1) is 12.1. The summed E-state index contributed by atoms with van der Waals surface area (Å²) in [6.45, 7) is 2.73. The van der Waals surface area contributed by atoms with Gasteiger partial charge in [0.1, 0.15) is 5.75 Å². The molecule has 2 aromatic carbocycles. The minimum Gasteiger partial charge on any atom is -0.497 e. The molecule has 3 aromatic rings. The molecule has 0 saturated heterocycles. The molecular formula is C20H20N2O3. The fraction of sp³-hybridized carbons (Fsp3) is 0.200. The first kappa shape index (κ1) is 16.8. The van der Waals surface area contributed by atoms with Crippen LogP contribution < -0.4 is 15.9 Å². The van der Waals surface area contributed by atoms with E-state index in [0.29, 0.717) is 13.1 Å². The zero-order valence-corrected chi connectivity index (χ0v) is 14.3. The van der Waals surface area contributed by atoms with Crippen LogP contribution in [0.15, 0.2) is 70.5 Å². The molecule has 0 aliphatic carbocycles. The van der Waals surface area contributed by atoms with Crippen molar-refractivity contribution in [3.63, 3.8) is 0 Å². The molecule has 0 bridgehead atoms. The summed E-state index contributed by atoms with van der Waals surface area (Å²) in [6, 6.07) is 15.3. The number of methoxy groups -OCH3 is 1. The maximum absolute atomic E-state index is 12.4. The van der Waals surface area contributed by atoms with Crippen LogP contribution in [-0.4, -0.2) is 16.2 Å². The maximum Gasteiger partial charge on any atom is 0.316 e. The third kappa shape index (κ3) is 3.71. The quantitative estimate of drug-likeness (QED) is 0.673. The fourth-order valence-electron chi connectivity index (χ4n) is 2.69. The highest BCUT2D eigenvalue weighted by atomic mass is 16.5. The standard InChI is InChI=1S/C20H20N2O3/c1-15-5-3-4-6-17(15)14-22-12-11-21(19(23)20(22)24)13-16-7-9-18(25-2)10-8-16/h3-12H,13-14H2,1-2H3. The van der Waals surface area contributed by atoms with Crippen LogP contribution in [0.25, 0.3) is 0 Å². The van der Waals surface area contributed by atoms with Crippen molar-refractivity contribution in [3.8, 4) is 5.75 Å². The van der Waals surface area contributed by atoms with Gasteiger partial charge in [0.05, 0.1) is 20.2 Å². The van der Waals surface area contributed by atoms with E-state index in [-0.39, 0.29) is 0 Å². The van der Waals surface area contributed by atoms with Crippen LogP contribution in [0.3, 0.4) is 0 Å². The number of rotatable bonds is 5. The number of hydrogen-bond acceptors (Lipinski definition) is 3. The number of benzene rings is 2. The van der Waals surface area contributed by atoms with E-state index in [9.17, 15) is 9.59 Å². The molecule has 25 heavy (non-hydrogen) atoms. The van der Waals surface area contributed by atoms with E-state index in [1.165, 1.54) is 9.13 Å². The lowest BCUT2D eigenvalue weighted by Gasteiger charge is -2.11. The number of nitrogens with zero attached hydrogens (tertiary/aromatic N) is 2. The molecule has 0 fully saturated rings. The average Bonchev–Trinajstić information content (AvgIpc) is 2.63. The largest absolute Gasteiger partial charge is 0.497 e. The van der Waals surface area contributed by atoms with Crippen LogP contribution in [-0.2, 0) is 13.1 Å². The Balaban J connectivity index is 1.86. The molecular weight excluding hydrogens is 316 g/mol. The monoisotopic (exact) mass is 336 g/mol. The van der Waals surface area contributed by atoms with Crippen molar-refractivity contribution in [1.82, 2.24) is 9.13 Å². The molecule has 0 radical (unpaired) electrons. The summed E-state index contributed by atoms with van der Waals surface area (Å²) >= 11 is 0. The number of hydrogen-bond donors (Lipinski definition) is 0. The Labute approximate surface area is 145 Å². The number of ether oxygens (including phenoxy) is 1. The Hall–Kier alpha value is -3.08. The van der Waals surface area contributed by atoms with Crippen molar-refractivity contribution in [3.05, 3.63) is 98.3 Å². The molecule has 0 spiro atoms. The molecule has 1 aromatic heterocycles. The molecule has 0 saturated carbocycles. The van der Waals surface area contributed by atoms with Crippen LogP contribution >= 0.6 is 0 Å². The first-order valence-corrected chi connectivity index (χ1v) is 8.06. The van der Waals surface area contributed by atoms with Crippen LogP contribution in [0.5, 0.6) is 5.75 Å². The predicted molar refractivity (Wildman–Crippen MR) is 97.3 cm³/mol. The predicted octanol–water partition coefficient (Wildman–Crippen LogP) is 2.42. The van der Waals surface area contributed by atoms with Gasteiger partial charge < -0.3 is 13.9 Å². The molecule has 3 rings (SSSR count). The highest BCUT2D eigenvalue weighted by molar-refractivity contribution is 5.27. The third-order valence-corrected chi connectivity index (χ3v) is 4.25. The van der Waals surface area contributed by atoms with Gasteiger partial charge in [-0.3, -0.25) is 9.59 Å². The molecule has 128 valence electrons. The van der Waals surface area contributed by atoms with E-state index >= 15 is 0 Å². The van der Waals surface area contributed by atoms with Crippen molar-refractivity contribution in [1.29, 1.82) is 0 Å². The Morgan fingerprint density at radius 3 is 2.04 bits per heavy atom. The van der Waals surface area contributed by atoms with Crippen LogP contribution in [0.4, 0.5) is 0 Å². The summed E-state index contributed by atoms with van der Waals surface area (Å²) in [5.74, 6) is 0.754. The molecule has 0 unspecified atom stereocenters. The Bertz CT molecular complexity index is 985. The number of aryl methyl sites for hydroxylation is 1. The van der Waals surface area contributed by atoms with E-state index < -0.39 is 11.1 Å². The normalized spacial score (nSPS) is 10.6. The summed E-state index contributed by atoms with van der Waals surface area (Å²) < 4.78 is 8.00. The summed E-state index contributed by atoms with van der Waals surface area (Å²) in [6.07, 6.45) is 3.33. The fourth-order valence-corrected chi connectivity index (χ4v) is 2.69. The van der Waals surface area contributed by atoms with Gasteiger partial charge in [-0.1, -0.05) is 36.4 Å². The van der Waals surface area contributed by atoms with E-state index in [4.69, 9.17) is 4.74 Å². The van der Waals surface area contributed by atoms with Crippen molar-refractivity contribution >= 4 is 0 Å². The summed E-state index contributed by atoms with van der Waals surface area (Å²) in [5, 5.41) is 0. The second-order valence-corrected chi connectivity index (χ2v) is 5.94. The van der Waals surface area contributed by atoms with Gasteiger partial charge in [-0.15, -0.1) is 0 Å². The van der Waals surface area contributed by atoms with Crippen molar-refractivity contribution in [2.75, 3.05) is 7.11 Å². The lowest BCUT2D eigenvalue weighted by Crippen LogP contribution is -2.40. The topological polar surface area (TPSA) is 53.2 Å². The Kier molecular flexibility index (Phi) is 4.84. The van der Waals surface area contributed by atoms with Crippen molar-refractivity contribution in [2.45, 2.75) is 20.0 Å². The van der Waals surface area contributed by atoms with Crippen LogP contribution in [0, 0.1) is 6.92 Å². The van der Waals surface area contributed by atoms with E-state index in [1.807, 2.05) is 55.5 Å². The highest BCUT2D eigenvalue weighted by Gasteiger charge is 2.07.